The maximum absolute atomic E-state index is 12.9. The molecule has 2 aromatic carbocycles. The quantitative estimate of drug-likeness (QED) is 0.393. The third-order valence-corrected chi connectivity index (χ3v) is 8.24. The molecule has 0 fully saturated rings. The van der Waals surface area contributed by atoms with Crippen molar-refractivity contribution in [1.82, 2.24) is 0 Å². The third kappa shape index (κ3) is 5.77. The van der Waals surface area contributed by atoms with Crippen LogP contribution in [-0.2, 0) is 19.2 Å². The number of rotatable bonds is 10. The lowest BCUT2D eigenvalue weighted by atomic mass is 10.3. The number of para-hydroxylation sites is 2. The van der Waals surface area contributed by atoms with Crippen LogP contribution in [0.4, 0.5) is 0 Å². The first kappa shape index (κ1) is 20.8. The van der Waals surface area contributed by atoms with Crippen LogP contribution in [0.15, 0.2) is 59.5 Å². The maximum Gasteiger partial charge on any atom is 0.440 e. The Hall–Kier alpha value is -1.47. The van der Waals surface area contributed by atoms with Crippen LogP contribution in [0.1, 0.15) is 20.3 Å². The van der Waals surface area contributed by atoms with E-state index in [-0.39, 0.29) is 23.0 Å². The molecule has 1 atom stereocenters. The number of hydrogen-bond donors (Lipinski definition) is 0. The van der Waals surface area contributed by atoms with Crippen LogP contribution in [0.2, 0.25) is 0 Å². The lowest BCUT2D eigenvalue weighted by Crippen LogP contribution is -2.11. The molecule has 0 saturated heterocycles. The second kappa shape index (κ2) is 9.46. The summed E-state index contributed by atoms with van der Waals surface area (Å²) < 4.78 is 54.1. The minimum absolute atomic E-state index is 0.0659. The van der Waals surface area contributed by atoms with E-state index < -0.39 is 16.9 Å². The summed E-state index contributed by atoms with van der Waals surface area (Å²) in [5.41, 5.74) is 0. The molecule has 0 aromatic heterocycles. The van der Waals surface area contributed by atoms with Gasteiger partial charge in [0.1, 0.15) is 10.6 Å². The monoisotopic (exact) mass is 416 g/mol. The molecule has 9 heteroatoms. The van der Waals surface area contributed by atoms with Crippen LogP contribution in [0.3, 0.4) is 0 Å². The zero-order chi connectivity index (χ0) is 19.0. The molecule has 2 rings (SSSR count). The van der Waals surface area contributed by atoms with Crippen molar-refractivity contribution in [2.24, 2.45) is 0 Å². The molecule has 0 saturated carbocycles. The molecule has 142 valence electrons. The largest absolute Gasteiger partial charge is 0.440 e. The Morgan fingerprint density at radius 3 is 2.31 bits per heavy atom. The van der Waals surface area contributed by atoms with Crippen molar-refractivity contribution in [1.29, 1.82) is 0 Å². The molecule has 0 aliphatic carbocycles. The average molecular weight is 416 g/mol. The predicted octanol–water partition coefficient (Wildman–Crippen LogP) is 5.12. The van der Waals surface area contributed by atoms with Crippen LogP contribution >= 0.6 is 18.2 Å². The van der Waals surface area contributed by atoms with Crippen LogP contribution in [-0.4, -0.2) is 20.8 Å². The Kier molecular flexibility index (Phi) is 7.58. The summed E-state index contributed by atoms with van der Waals surface area (Å²) in [4.78, 5) is -0.208. The lowest BCUT2D eigenvalue weighted by molar-refractivity contribution is 0.294. The fraction of sp³-hybridized carbons (Fsp3) is 0.294. The average Bonchev–Trinajstić information content (AvgIpc) is 2.61. The van der Waals surface area contributed by atoms with E-state index in [0.717, 1.165) is 17.8 Å². The van der Waals surface area contributed by atoms with Crippen molar-refractivity contribution >= 4 is 28.3 Å². The summed E-state index contributed by atoms with van der Waals surface area (Å²) in [6, 6.07) is 14.0. The van der Waals surface area contributed by atoms with Gasteiger partial charge in [-0.1, -0.05) is 37.3 Å². The molecular formula is C17H21O6PS2. The fourth-order valence-electron chi connectivity index (χ4n) is 1.95. The molecule has 0 heterocycles. The highest BCUT2D eigenvalue weighted by atomic mass is 32.7. The Morgan fingerprint density at radius 1 is 1.00 bits per heavy atom. The lowest BCUT2D eigenvalue weighted by Gasteiger charge is -2.19. The zero-order valence-electron chi connectivity index (χ0n) is 14.5. The fourth-order valence-corrected chi connectivity index (χ4v) is 6.53. The van der Waals surface area contributed by atoms with Gasteiger partial charge in [-0.15, -0.1) is 0 Å². The van der Waals surface area contributed by atoms with Gasteiger partial charge in [0, 0.05) is 5.75 Å². The maximum atomic E-state index is 12.9. The standard InChI is InChI=1S/C17H21O6PS2/c1-3-14-25-24(18,21-4-2)22-16-12-8-9-13-17(16)26(19,20)23-15-10-6-5-7-11-15/h5-13H,3-4,14H2,1-2H3. The summed E-state index contributed by atoms with van der Waals surface area (Å²) in [5, 5.41) is 0. The molecule has 1 unspecified atom stereocenters. The van der Waals surface area contributed by atoms with Crippen LogP contribution in [0.25, 0.3) is 0 Å². The third-order valence-electron chi connectivity index (χ3n) is 3.02. The smallest absolute Gasteiger partial charge is 0.415 e. The molecule has 2 aromatic rings. The van der Waals surface area contributed by atoms with Crippen LogP contribution < -0.4 is 8.71 Å². The van der Waals surface area contributed by atoms with E-state index in [0.29, 0.717) is 5.75 Å². The highest BCUT2D eigenvalue weighted by molar-refractivity contribution is 8.55. The minimum Gasteiger partial charge on any atom is -0.415 e. The number of benzene rings is 2. The van der Waals surface area contributed by atoms with Crippen LogP contribution in [0, 0.1) is 0 Å². The van der Waals surface area contributed by atoms with E-state index in [1.54, 1.807) is 37.3 Å². The van der Waals surface area contributed by atoms with Crippen LogP contribution in [0.5, 0.6) is 11.5 Å². The van der Waals surface area contributed by atoms with Crippen molar-refractivity contribution < 1.29 is 26.2 Å². The molecule has 26 heavy (non-hydrogen) atoms. The minimum atomic E-state index is -4.16. The summed E-state index contributed by atoms with van der Waals surface area (Å²) in [6.45, 7) is 0.282. The van der Waals surface area contributed by atoms with Crippen molar-refractivity contribution in [2.45, 2.75) is 25.2 Å². The first-order valence-electron chi connectivity index (χ1n) is 8.07. The Labute approximate surface area is 158 Å². The van der Waals surface area contributed by atoms with Crippen molar-refractivity contribution in [2.75, 3.05) is 12.4 Å². The van der Waals surface area contributed by atoms with Crippen molar-refractivity contribution in [3.63, 3.8) is 0 Å². The first-order valence-corrected chi connectivity index (χ1v) is 12.6. The highest BCUT2D eigenvalue weighted by Crippen LogP contribution is 2.60. The molecule has 0 amide bonds. The Morgan fingerprint density at radius 2 is 1.65 bits per heavy atom. The normalized spacial score (nSPS) is 13.8. The van der Waals surface area contributed by atoms with Gasteiger partial charge in [-0.05, 0) is 49.0 Å². The van der Waals surface area contributed by atoms with E-state index in [9.17, 15) is 13.0 Å². The van der Waals surface area contributed by atoms with Crippen molar-refractivity contribution in [3.05, 3.63) is 54.6 Å². The Balaban J connectivity index is 2.33. The SMILES string of the molecule is CCCSP(=O)(OCC)Oc1ccccc1S(=O)(=O)Oc1ccccc1. The molecule has 6 nitrogen and oxygen atoms in total. The summed E-state index contributed by atoms with van der Waals surface area (Å²) in [6.07, 6.45) is 0.780. The second-order valence-electron chi connectivity index (χ2n) is 5.09. The predicted molar refractivity (Wildman–Crippen MR) is 103 cm³/mol. The summed E-state index contributed by atoms with van der Waals surface area (Å²) in [5.74, 6) is 0.673. The van der Waals surface area contributed by atoms with E-state index in [2.05, 4.69) is 0 Å². The summed E-state index contributed by atoms with van der Waals surface area (Å²) in [7, 11) is -4.16. The molecule has 0 N–H and O–H groups in total. The van der Waals surface area contributed by atoms with E-state index in [1.807, 2.05) is 6.92 Å². The summed E-state index contributed by atoms with van der Waals surface area (Å²) >= 11 is 1.04. The molecule has 0 radical (unpaired) electrons. The first-order chi connectivity index (χ1) is 12.4. The molecule has 0 bridgehead atoms. The van der Waals surface area contributed by atoms with Gasteiger partial charge in [0.2, 0.25) is 0 Å². The van der Waals surface area contributed by atoms with Gasteiger partial charge in [-0.25, -0.2) is 4.57 Å². The molecule has 0 aliphatic rings. The highest BCUT2D eigenvalue weighted by Gasteiger charge is 2.30. The van der Waals surface area contributed by atoms with Gasteiger partial charge in [-0.3, -0.25) is 4.52 Å². The van der Waals surface area contributed by atoms with E-state index in [4.69, 9.17) is 13.2 Å². The molecular weight excluding hydrogens is 395 g/mol. The van der Waals surface area contributed by atoms with Gasteiger partial charge in [0.25, 0.3) is 0 Å². The van der Waals surface area contributed by atoms with E-state index >= 15 is 0 Å². The van der Waals surface area contributed by atoms with Crippen molar-refractivity contribution in [3.8, 4) is 11.5 Å². The van der Waals surface area contributed by atoms with Gasteiger partial charge in [0.05, 0.1) is 6.61 Å². The molecule has 0 aliphatic heterocycles. The van der Waals surface area contributed by atoms with Gasteiger partial charge >= 0.3 is 16.9 Å². The second-order valence-corrected chi connectivity index (χ2v) is 10.7. The van der Waals surface area contributed by atoms with Gasteiger partial charge < -0.3 is 8.71 Å². The topological polar surface area (TPSA) is 78.9 Å². The van der Waals surface area contributed by atoms with E-state index in [1.165, 1.54) is 24.3 Å². The Bertz CT molecular complexity index is 855. The van der Waals surface area contributed by atoms with Gasteiger partial charge in [-0.2, -0.15) is 8.42 Å². The zero-order valence-corrected chi connectivity index (χ0v) is 17.1. The molecule has 0 spiro atoms. The number of hydrogen-bond acceptors (Lipinski definition) is 7. The van der Waals surface area contributed by atoms with Gasteiger partial charge in [0.15, 0.2) is 5.75 Å².